The van der Waals surface area contributed by atoms with Gasteiger partial charge in [-0.2, -0.15) is 0 Å². The summed E-state index contributed by atoms with van der Waals surface area (Å²) < 4.78 is 0. The van der Waals surface area contributed by atoms with E-state index < -0.39 is 0 Å². The molecule has 0 N–H and O–H groups in total. The first kappa shape index (κ1) is 10.5. The van der Waals surface area contributed by atoms with Crippen molar-refractivity contribution >= 4 is 22.4 Å². The average Bonchev–Trinajstić information content (AvgIpc) is 2.27. The second kappa shape index (κ2) is 4.24. The Bertz CT molecular complexity index is 454. The number of benzene rings is 2. The summed E-state index contributed by atoms with van der Waals surface area (Å²) in [6, 6.07) is 14.9. The van der Waals surface area contributed by atoms with Gasteiger partial charge in [0.05, 0.1) is 0 Å². The van der Waals surface area contributed by atoms with E-state index in [2.05, 4.69) is 49.4 Å². The highest BCUT2D eigenvalue weighted by molar-refractivity contribution is 6.21. The van der Waals surface area contributed by atoms with E-state index in [0.29, 0.717) is 5.92 Å². The normalized spacial score (nSPS) is 15.1. The summed E-state index contributed by atoms with van der Waals surface area (Å²) in [6.45, 7) is 4.23. The molecule has 15 heavy (non-hydrogen) atoms. The van der Waals surface area contributed by atoms with Crippen molar-refractivity contribution in [1.82, 2.24) is 0 Å². The Balaban J connectivity index is 2.60. The van der Waals surface area contributed by atoms with Gasteiger partial charge in [-0.15, -0.1) is 11.6 Å². The van der Waals surface area contributed by atoms with Gasteiger partial charge in [0.1, 0.15) is 0 Å². The maximum Gasteiger partial charge on any atom is 0.0373 e. The zero-order valence-electron chi connectivity index (χ0n) is 9.07. The Morgan fingerprint density at radius 2 is 1.60 bits per heavy atom. The van der Waals surface area contributed by atoms with E-state index in [1.807, 2.05) is 6.92 Å². The predicted molar refractivity (Wildman–Crippen MR) is 67.7 cm³/mol. The van der Waals surface area contributed by atoms with Gasteiger partial charge >= 0.3 is 0 Å². The quantitative estimate of drug-likeness (QED) is 0.648. The standard InChI is InChI=1S/C14H15Cl/c1-10(11(2)15)13-9-5-7-12-6-3-4-8-14(12)13/h3-11H,1-2H3. The molecule has 0 aliphatic carbocycles. The first-order chi connectivity index (χ1) is 7.20. The molecule has 0 saturated carbocycles. The minimum atomic E-state index is 0.163. The van der Waals surface area contributed by atoms with Gasteiger partial charge in [0.15, 0.2) is 0 Å². The molecule has 0 amide bonds. The smallest absolute Gasteiger partial charge is 0.0373 e. The van der Waals surface area contributed by atoms with Gasteiger partial charge in [0.2, 0.25) is 0 Å². The summed E-state index contributed by atoms with van der Waals surface area (Å²) in [4.78, 5) is 0. The molecular weight excluding hydrogens is 204 g/mol. The molecule has 0 bridgehead atoms. The molecule has 0 saturated heterocycles. The van der Waals surface area contributed by atoms with Crippen LogP contribution in [0.25, 0.3) is 10.8 Å². The van der Waals surface area contributed by atoms with Crippen molar-refractivity contribution in [3.8, 4) is 0 Å². The Labute approximate surface area is 95.9 Å². The van der Waals surface area contributed by atoms with Crippen LogP contribution in [-0.4, -0.2) is 5.38 Å². The van der Waals surface area contributed by atoms with Crippen molar-refractivity contribution in [2.75, 3.05) is 0 Å². The van der Waals surface area contributed by atoms with Gasteiger partial charge in [-0.1, -0.05) is 49.4 Å². The van der Waals surface area contributed by atoms with Gasteiger partial charge in [-0.05, 0) is 29.2 Å². The SMILES string of the molecule is CC(Cl)C(C)c1cccc2ccccc12. The minimum absolute atomic E-state index is 0.163. The van der Waals surface area contributed by atoms with Crippen LogP contribution in [-0.2, 0) is 0 Å². The third-order valence-electron chi connectivity index (χ3n) is 3.00. The number of hydrogen-bond donors (Lipinski definition) is 0. The average molecular weight is 219 g/mol. The summed E-state index contributed by atoms with van der Waals surface area (Å²) in [5.41, 5.74) is 1.34. The van der Waals surface area contributed by atoms with Crippen LogP contribution in [0.5, 0.6) is 0 Å². The van der Waals surface area contributed by atoms with E-state index >= 15 is 0 Å². The van der Waals surface area contributed by atoms with Gasteiger partial charge in [0, 0.05) is 5.38 Å². The number of fused-ring (bicyclic) bond motifs is 1. The maximum absolute atomic E-state index is 6.16. The van der Waals surface area contributed by atoms with Gasteiger partial charge in [0.25, 0.3) is 0 Å². The van der Waals surface area contributed by atoms with Crippen LogP contribution in [0.15, 0.2) is 42.5 Å². The van der Waals surface area contributed by atoms with Gasteiger partial charge in [-0.3, -0.25) is 0 Å². The van der Waals surface area contributed by atoms with Crippen molar-refractivity contribution in [3.05, 3.63) is 48.0 Å². The topological polar surface area (TPSA) is 0 Å². The van der Waals surface area contributed by atoms with Crippen LogP contribution in [0.2, 0.25) is 0 Å². The molecule has 1 heteroatoms. The molecule has 0 spiro atoms. The summed E-state index contributed by atoms with van der Waals surface area (Å²) in [5, 5.41) is 2.77. The van der Waals surface area contributed by atoms with Crippen molar-refractivity contribution in [3.63, 3.8) is 0 Å². The number of rotatable bonds is 2. The van der Waals surface area contributed by atoms with Crippen LogP contribution in [0.1, 0.15) is 25.3 Å². The fourth-order valence-electron chi connectivity index (χ4n) is 1.89. The molecule has 0 aromatic heterocycles. The highest BCUT2D eigenvalue weighted by atomic mass is 35.5. The van der Waals surface area contributed by atoms with Crippen molar-refractivity contribution in [2.45, 2.75) is 25.1 Å². The first-order valence-corrected chi connectivity index (χ1v) is 5.75. The summed E-state index contributed by atoms with van der Waals surface area (Å²) in [7, 11) is 0. The highest BCUT2D eigenvalue weighted by Crippen LogP contribution is 2.29. The third-order valence-corrected chi connectivity index (χ3v) is 3.38. The van der Waals surface area contributed by atoms with E-state index in [4.69, 9.17) is 11.6 Å². The lowest BCUT2D eigenvalue weighted by Gasteiger charge is -2.16. The van der Waals surface area contributed by atoms with Crippen LogP contribution in [0.3, 0.4) is 0 Å². The second-order valence-electron chi connectivity index (χ2n) is 4.03. The molecule has 2 atom stereocenters. The van der Waals surface area contributed by atoms with E-state index in [-0.39, 0.29) is 5.38 Å². The maximum atomic E-state index is 6.16. The van der Waals surface area contributed by atoms with Crippen molar-refractivity contribution in [2.24, 2.45) is 0 Å². The molecule has 0 fully saturated rings. The van der Waals surface area contributed by atoms with E-state index in [9.17, 15) is 0 Å². The zero-order valence-corrected chi connectivity index (χ0v) is 9.83. The van der Waals surface area contributed by atoms with Gasteiger partial charge < -0.3 is 0 Å². The molecule has 2 aromatic carbocycles. The lowest BCUT2D eigenvalue weighted by molar-refractivity contribution is 0.748. The molecular formula is C14H15Cl. The van der Waals surface area contributed by atoms with Crippen LogP contribution < -0.4 is 0 Å². The molecule has 2 rings (SSSR count). The highest BCUT2D eigenvalue weighted by Gasteiger charge is 2.13. The molecule has 0 aliphatic rings. The molecule has 2 aromatic rings. The van der Waals surface area contributed by atoms with Crippen molar-refractivity contribution in [1.29, 1.82) is 0 Å². The van der Waals surface area contributed by atoms with Crippen LogP contribution in [0, 0.1) is 0 Å². The zero-order chi connectivity index (χ0) is 10.8. The molecule has 0 nitrogen and oxygen atoms in total. The summed E-state index contributed by atoms with van der Waals surface area (Å²) in [5.74, 6) is 0.387. The monoisotopic (exact) mass is 218 g/mol. The predicted octanol–water partition coefficient (Wildman–Crippen LogP) is 4.57. The van der Waals surface area contributed by atoms with Crippen LogP contribution in [0.4, 0.5) is 0 Å². The lowest BCUT2D eigenvalue weighted by atomic mass is 9.93. The third kappa shape index (κ3) is 2.00. The van der Waals surface area contributed by atoms with E-state index in [1.54, 1.807) is 0 Å². The number of halogens is 1. The van der Waals surface area contributed by atoms with Crippen molar-refractivity contribution < 1.29 is 0 Å². The second-order valence-corrected chi connectivity index (χ2v) is 4.72. The largest absolute Gasteiger partial charge is 0.123 e. The lowest BCUT2D eigenvalue weighted by Crippen LogP contribution is -2.05. The molecule has 0 radical (unpaired) electrons. The van der Waals surface area contributed by atoms with Gasteiger partial charge in [-0.25, -0.2) is 0 Å². The minimum Gasteiger partial charge on any atom is -0.123 e. The fourth-order valence-corrected chi connectivity index (χ4v) is 2.03. The Morgan fingerprint density at radius 3 is 2.33 bits per heavy atom. The summed E-state index contributed by atoms with van der Waals surface area (Å²) >= 11 is 6.16. The van der Waals surface area contributed by atoms with E-state index in [0.717, 1.165) is 0 Å². The van der Waals surface area contributed by atoms with E-state index in [1.165, 1.54) is 16.3 Å². The number of alkyl halides is 1. The molecule has 2 unspecified atom stereocenters. The molecule has 78 valence electrons. The fraction of sp³-hybridized carbons (Fsp3) is 0.286. The number of hydrogen-bond acceptors (Lipinski definition) is 0. The molecule has 0 aliphatic heterocycles. The molecule has 0 heterocycles. The Kier molecular flexibility index (Phi) is 2.97. The van der Waals surface area contributed by atoms with Crippen LogP contribution >= 0.6 is 11.6 Å². The Hall–Kier alpha value is -1.01. The Morgan fingerprint density at radius 1 is 0.933 bits per heavy atom. The summed E-state index contributed by atoms with van der Waals surface area (Å²) in [6.07, 6.45) is 0. The first-order valence-electron chi connectivity index (χ1n) is 5.32.